The number of benzene rings is 3. The lowest BCUT2D eigenvalue weighted by atomic mass is 10.0. The highest BCUT2D eigenvalue weighted by Gasteiger charge is 1.95. The summed E-state index contributed by atoms with van der Waals surface area (Å²) in [7, 11) is 0. The van der Waals surface area contributed by atoms with Crippen molar-refractivity contribution in [2.45, 2.75) is 86.0 Å². The van der Waals surface area contributed by atoms with Crippen molar-refractivity contribution in [1.82, 2.24) is 0 Å². The molecule has 0 heterocycles. The van der Waals surface area contributed by atoms with Crippen LogP contribution in [0.5, 0.6) is 5.75 Å². The minimum absolute atomic E-state index is 0. The number of halogens is 2. The first-order valence-electron chi connectivity index (χ1n) is 12.9. The zero-order valence-electron chi connectivity index (χ0n) is 21.9. The summed E-state index contributed by atoms with van der Waals surface area (Å²) >= 11 is 6.90. The van der Waals surface area contributed by atoms with E-state index >= 15 is 0 Å². The first-order valence-corrected chi connectivity index (χ1v) is 15.2. The Labute approximate surface area is 239 Å². The van der Waals surface area contributed by atoms with E-state index in [1.165, 1.54) is 89.8 Å². The van der Waals surface area contributed by atoms with Crippen molar-refractivity contribution in [3.8, 4) is 5.75 Å². The standard InChI is InChI=1S/C15H16.C10H20Br2.C7H8O.CH4/c1-12-3-7-14(8-4-12)11-15-9-5-13(2)6-10-15;11-9-7-5-3-1-2-4-6-8-10-12;1-6-2-4-7(8)5-3-6;/h3-10H,11H2,1-2H3;1-10H2;2-5,8H,1H3;1H4. The van der Waals surface area contributed by atoms with Gasteiger partial charge in [0.15, 0.2) is 0 Å². The fourth-order valence-corrected chi connectivity index (χ4v) is 4.23. The van der Waals surface area contributed by atoms with E-state index in [4.69, 9.17) is 5.11 Å². The minimum Gasteiger partial charge on any atom is -0.508 e. The Morgan fingerprint density at radius 1 is 0.472 bits per heavy atom. The summed E-state index contributed by atoms with van der Waals surface area (Å²) in [6, 6.07) is 24.6. The molecule has 1 nitrogen and oxygen atoms in total. The van der Waals surface area contributed by atoms with Crippen LogP contribution in [0.3, 0.4) is 0 Å². The quantitative estimate of drug-likeness (QED) is 0.167. The number of rotatable bonds is 11. The Morgan fingerprint density at radius 2 is 0.750 bits per heavy atom. The Bertz CT molecular complexity index is 797. The van der Waals surface area contributed by atoms with Crippen LogP contribution in [0.25, 0.3) is 0 Å². The highest BCUT2D eigenvalue weighted by molar-refractivity contribution is 9.09. The lowest BCUT2D eigenvalue weighted by molar-refractivity contribution is 0.475. The van der Waals surface area contributed by atoms with Gasteiger partial charge < -0.3 is 5.11 Å². The van der Waals surface area contributed by atoms with Crippen LogP contribution in [-0.2, 0) is 6.42 Å². The van der Waals surface area contributed by atoms with Crippen LogP contribution in [0.4, 0.5) is 0 Å². The molecule has 0 unspecified atom stereocenters. The molecular weight excluding hydrogens is 572 g/mol. The van der Waals surface area contributed by atoms with E-state index in [2.05, 4.69) is 94.2 Å². The molecule has 0 radical (unpaired) electrons. The number of hydrogen-bond donors (Lipinski definition) is 1. The summed E-state index contributed by atoms with van der Waals surface area (Å²) in [5.41, 5.74) is 6.57. The summed E-state index contributed by atoms with van der Waals surface area (Å²) in [6.07, 6.45) is 12.3. The predicted octanol–water partition coefficient (Wildman–Crippen LogP) is 11.1. The zero-order chi connectivity index (χ0) is 25.7. The number of alkyl halides is 2. The fraction of sp³-hybridized carbons (Fsp3) is 0.455. The molecule has 0 fully saturated rings. The molecule has 3 aromatic carbocycles. The normalized spacial score (nSPS) is 9.81. The van der Waals surface area contributed by atoms with Crippen LogP contribution >= 0.6 is 31.9 Å². The number of aryl methyl sites for hydroxylation is 3. The van der Waals surface area contributed by atoms with E-state index < -0.39 is 0 Å². The van der Waals surface area contributed by atoms with E-state index in [0.717, 1.165) is 6.42 Å². The van der Waals surface area contributed by atoms with Crippen LogP contribution in [0.1, 0.15) is 86.6 Å². The highest BCUT2D eigenvalue weighted by atomic mass is 79.9. The maximum atomic E-state index is 8.76. The zero-order valence-corrected chi connectivity index (χ0v) is 25.1. The summed E-state index contributed by atoms with van der Waals surface area (Å²) in [6.45, 7) is 6.23. The van der Waals surface area contributed by atoms with Gasteiger partial charge in [0.1, 0.15) is 5.75 Å². The molecule has 0 saturated carbocycles. The third-order valence-electron chi connectivity index (χ3n) is 5.70. The van der Waals surface area contributed by atoms with Gasteiger partial charge in [0.05, 0.1) is 0 Å². The molecule has 0 aliphatic carbocycles. The molecule has 200 valence electrons. The third-order valence-corrected chi connectivity index (χ3v) is 6.82. The average Bonchev–Trinajstić information content (AvgIpc) is 2.86. The monoisotopic (exact) mass is 618 g/mol. The van der Waals surface area contributed by atoms with E-state index in [1.807, 2.05) is 19.1 Å². The summed E-state index contributed by atoms with van der Waals surface area (Å²) < 4.78 is 0. The van der Waals surface area contributed by atoms with Crippen molar-refractivity contribution in [3.63, 3.8) is 0 Å². The van der Waals surface area contributed by atoms with Gasteiger partial charge in [-0.3, -0.25) is 0 Å². The number of phenolic OH excluding ortho intramolecular Hbond substituents is 1. The largest absolute Gasteiger partial charge is 0.508 e. The molecule has 3 aromatic rings. The van der Waals surface area contributed by atoms with Crippen LogP contribution < -0.4 is 0 Å². The van der Waals surface area contributed by atoms with E-state index in [1.54, 1.807) is 12.1 Å². The second kappa shape index (κ2) is 22.6. The van der Waals surface area contributed by atoms with Crippen molar-refractivity contribution >= 4 is 31.9 Å². The molecule has 0 amide bonds. The van der Waals surface area contributed by atoms with Crippen LogP contribution in [-0.4, -0.2) is 15.8 Å². The van der Waals surface area contributed by atoms with E-state index in [-0.39, 0.29) is 7.43 Å². The molecule has 0 aromatic heterocycles. The molecule has 36 heavy (non-hydrogen) atoms. The highest BCUT2D eigenvalue weighted by Crippen LogP contribution is 2.12. The first kappa shape index (κ1) is 34.4. The van der Waals surface area contributed by atoms with Gasteiger partial charge in [0.2, 0.25) is 0 Å². The second-order valence-corrected chi connectivity index (χ2v) is 10.8. The summed E-state index contributed by atoms with van der Waals surface area (Å²) in [5.74, 6) is 0.329. The van der Waals surface area contributed by atoms with Crippen LogP contribution in [0.2, 0.25) is 0 Å². The Hall–Kier alpha value is -1.58. The number of phenols is 1. The van der Waals surface area contributed by atoms with Gasteiger partial charge in [-0.15, -0.1) is 0 Å². The number of hydrogen-bond acceptors (Lipinski definition) is 1. The van der Waals surface area contributed by atoms with Crippen molar-refractivity contribution in [2.24, 2.45) is 0 Å². The fourth-order valence-electron chi connectivity index (χ4n) is 3.44. The average molecular weight is 621 g/mol. The molecular formula is C33H48Br2O. The number of aromatic hydroxyl groups is 1. The Balaban J connectivity index is 0.000000527. The van der Waals surface area contributed by atoms with Crippen molar-refractivity contribution in [2.75, 3.05) is 10.7 Å². The smallest absolute Gasteiger partial charge is 0.115 e. The molecule has 0 bridgehead atoms. The van der Waals surface area contributed by atoms with E-state index in [0.29, 0.717) is 5.75 Å². The topological polar surface area (TPSA) is 20.2 Å². The maximum Gasteiger partial charge on any atom is 0.115 e. The summed E-state index contributed by atoms with van der Waals surface area (Å²) in [5, 5.41) is 11.1. The Kier molecular flexibility index (Phi) is 21.6. The lowest BCUT2D eigenvalue weighted by Crippen LogP contribution is -1.88. The molecule has 0 aliphatic heterocycles. The molecule has 0 aliphatic rings. The van der Waals surface area contributed by atoms with Gasteiger partial charge in [-0.05, 0) is 63.3 Å². The lowest BCUT2D eigenvalue weighted by Gasteiger charge is -2.03. The third kappa shape index (κ3) is 18.7. The van der Waals surface area contributed by atoms with E-state index in [9.17, 15) is 0 Å². The first-order chi connectivity index (χ1) is 16.9. The second-order valence-electron chi connectivity index (χ2n) is 9.19. The molecule has 3 heteroatoms. The maximum absolute atomic E-state index is 8.76. The van der Waals surface area contributed by atoms with Gasteiger partial charge in [-0.25, -0.2) is 0 Å². The molecule has 0 atom stereocenters. The molecule has 3 rings (SSSR count). The van der Waals surface area contributed by atoms with Crippen LogP contribution in [0.15, 0.2) is 72.8 Å². The minimum atomic E-state index is 0. The van der Waals surface area contributed by atoms with Crippen LogP contribution in [0, 0.1) is 20.8 Å². The van der Waals surface area contributed by atoms with Gasteiger partial charge in [-0.2, -0.15) is 0 Å². The predicted molar refractivity (Wildman–Crippen MR) is 169 cm³/mol. The van der Waals surface area contributed by atoms with Gasteiger partial charge in [0.25, 0.3) is 0 Å². The van der Waals surface area contributed by atoms with Gasteiger partial charge in [0, 0.05) is 10.7 Å². The summed E-state index contributed by atoms with van der Waals surface area (Å²) in [4.78, 5) is 0. The van der Waals surface area contributed by atoms with Gasteiger partial charge >= 0.3 is 0 Å². The van der Waals surface area contributed by atoms with Crippen molar-refractivity contribution in [3.05, 3.63) is 101 Å². The SMILES string of the molecule is BrCCCCCCCCCCBr.C.Cc1ccc(Cc2ccc(C)cc2)cc1.Cc1ccc(O)cc1. The molecule has 0 saturated heterocycles. The van der Waals surface area contributed by atoms with Gasteiger partial charge in [-0.1, -0.05) is 155 Å². The molecule has 1 N–H and O–H groups in total. The van der Waals surface area contributed by atoms with Crippen molar-refractivity contribution < 1.29 is 5.11 Å². The molecule has 0 spiro atoms. The van der Waals surface area contributed by atoms with Crippen molar-refractivity contribution in [1.29, 1.82) is 0 Å². The number of unbranched alkanes of at least 4 members (excludes halogenated alkanes) is 7. The Morgan fingerprint density at radius 3 is 1.03 bits per heavy atom.